The van der Waals surface area contributed by atoms with Crippen molar-refractivity contribution < 1.29 is 9.90 Å². The zero-order valence-electron chi connectivity index (χ0n) is 16.7. The van der Waals surface area contributed by atoms with Gasteiger partial charge in [0, 0.05) is 13.1 Å². The molecule has 0 bridgehead atoms. The summed E-state index contributed by atoms with van der Waals surface area (Å²) in [5.74, 6) is -0.821. The number of hydrogen-bond acceptors (Lipinski definition) is 4. The molecule has 0 heterocycles. The molecule has 5 heteroatoms. The van der Waals surface area contributed by atoms with Crippen LogP contribution in [-0.4, -0.2) is 43.4 Å². The smallest absolute Gasteiger partial charge is 0.317 e. The lowest BCUT2D eigenvalue weighted by molar-refractivity contribution is -0.136. The molecule has 4 N–H and O–H groups in total. The van der Waals surface area contributed by atoms with Crippen molar-refractivity contribution in [2.75, 3.05) is 26.2 Å². The van der Waals surface area contributed by atoms with E-state index in [0.717, 1.165) is 19.6 Å². The van der Waals surface area contributed by atoms with Crippen LogP contribution in [0.25, 0.3) is 0 Å². The van der Waals surface area contributed by atoms with E-state index in [1.54, 1.807) is 0 Å². The van der Waals surface area contributed by atoms with Gasteiger partial charge in [0.1, 0.15) is 0 Å². The first-order valence-electron chi connectivity index (χ1n) is 10.6. The van der Waals surface area contributed by atoms with Gasteiger partial charge in [-0.05, 0) is 19.9 Å². The van der Waals surface area contributed by atoms with Crippen LogP contribution in [0.15, 0.2) is 0 Å². The molecular formula is C20H43N3O2. The van der Waals surface area contributed by atoms with Crippen LogP contribution < -0.4 is 16.0 Å². The molecule has 1 unspecified atom stereocenters. The Morgan fingerprint density at radius 1 is 0.760 bits per heavy atom. The summed E-state index contributed by atoms with van der Waals surface area (Å²) in [4.78, 5) is 10.4. The van der Waals surface area contributed by atoms with Crippen molar-refractivity contribution >= 4 is 5.97 Å². The lowest BCUT2D eigenvalue weighted by Crippen LogP contribution is -2.44. The molecule has 1 atom stereocenters. The number of aliphatic carboxylic acids is 1. The van der Waals surface area contributed by atoms with Crippen molar-refractivity contribution in [1.29, 1.82) is 0 Å². The molecule has 0 aliphatic heterocycles. The van der Waals surface area contributed by atoms with E-state index < -0.39 is 5.97 Å². The zero-order chi connectivity index (χ0) is 18.6. The Bertz CT molecular complexity index is 288. The average Bonchev–Trinajstić information content (AvgIpc) is 2.59. The van der Waals surface area contributed by atoms with Gasteiger partial charge in [-0.25, -0.2) is 0 Å². The fourth-order valence-electron chi connectivity index (χ4n) is 2.91. The topological polar surface area (TPSA) is 73.4 Å². The Labute approximate surface area is 155 Å². The number of hydrogen-bond donors (Lipinski definition) is 4. The maximum atomic E-state index is 10.4. The number of rotatable bonds is 20. The minimum atomic E-state index is -0.821. The first-order chi connectivity index (χ1) is 12.2. The molecule has 25 heavy (non-hydrogen) atoms. The van der Waals surface area contributed by atoms with E-state index in [1.165, 1.54) is 77.0 Å². The predicted molar refractivity (Wildman–Crippen MR) is 107 cm³/mol. The normalized spacial score (nSPS) is 12.4. The molecule has 0 saturated carbocycles. The average molecular weight is 358 g/mol. The van der Waals surface area contributed by atoms with Gasteiger partial charge in [0.05, 0.1) is 12.7 Å². The van der Waals surface area contributed by atoms with Crippen LogP contribution in [-0.2, 0) is 4.79 Å². The van der Waals surface area contributed by atoms with Crippen LogP contribution in [0.1, 0.15) is 90.9 Å². The highest BCUT2D eigenvalue weighted by molar-refractivity contribution is 5.69. The van der Waals surface area contributed by atoms with Gasteiger partial charge in [-0.1, -0.05) is 77.6 Å². The highest BCUT2D eigenvalue weighted by atomic mass is 16.4. The Balaban J connectivity index is 3.08. The van der Waals surface area contributed by atoms with Crippen molar-refractivity contribution in [2.24, 2.45) is 0 Å². The summed E-state index contributed by atoms with van der Waals surface area (Å²) in [6.07, 6.45) is 16.7. The number of carbonyl (C=O) groups is 1. The van der Waals surface area contributed by atoms with Crippen LogP contribution in [0, 0.1) is 0 Å². The van der Waals surface area contributed by atoms with E-state index in [-0.39, 0.29) is 12.7 Å². The molecule has 0 aliphatic carbocycles. The van der Waals surface area contributed by atoms with E-state index >= 15 is 0 Å². The Morgan fingerprint density at radius 3 is 1.80 bits per heavy atom. The molecule has 0 saturated heterocycles. The molecule has 0 spiro atoms. The number of nitrogens with one attached hydrogen (secondary N) is 3. The van der Waals surface area contributed by atoms with Gasteiger partial charge in [-0.2, -0.15) is 0 Å². The highest BCUT2D eigenvalue weighted by Crippen LogP contribution is 2.11. The summed E-state index contributed by atoms with van der Waals surface area (Å²) >= 11 is 0. The van der Waals surface area contributed by atoms with E-state index in [1.807, 2.05) is 6.92 Å². The lowest BCUT2D eigenvalue weighted by atomic mass is 10.1. The SMILES string of the molecule is CCCCCCCCCCCCCCNCCNC(C)NCC(=O)O. The third kappa shape index (κ3) is 21.3. The van der Waals surface area contributed by atoms with E-state index in [9.17, 15) is 4.79 Å². The number of unbranched alkanes of at least 4 members (excludes halogenated alkanes) is 11. The van der Waals surface area contributed by atoms with Gasteiger partial charge in [0.2, 0.25) is 0 Å². The molecule has 0 radical (unpaired) electrons. The van der Waals surface area contributed by atoms with E-state index in [2.05, 4.69) is 22.9 Å². The van der Waals surface area contributed by atoms with Crippen molar-refractivity contribution in [3.05, 3.63) is 0 Å². The van der Waals surface area contributed by atoms with Crippen LogP contribution >= 0.6 is 0 Å². The lowest BCUT2D eigenvalue weighted by Gasteiger charge is -2.14. The first-order valence-corrected chi connectivity index (χ1v) is 10.6. The summed E-state index contributed by atoms with van der Waals surface area (Å²) < 4.78 is 0. The van der Waals surface area contributed by atoms with Crippen molar-refractivity contribution in [3.8, 4) is 0 Å². The van der Waals surface area contributed by atoms with Crippen molar-refractivity contribution in [3.63, 3.8) is 0 Å². The monoisotopic (exact) mass is 357 g/mol. The van der Waals surface area contributed by atoms with Gasteiger partial charge in [0.15, 0.2) is 0 Å². The van der Waals surface area contributed by atoms with Crippen LogP contribution in [0.2, 0.25) is 0 Å². The summed E-state index contributed by atoms with van der Waals surface area (Å²) in [6, 6.07) is 0. The van der Waals surface area contributed by atoms with Gasteiger partial charge >= 0.3 is 5.97 Å². The standard InChI is InChI=1S/C20H43N3O2/c1-3-4-5-6-7-8-9-10-11-12-13-14-15-21-16-17-22-19(2)23-18-20(24)25/h19,21-23H,3-18H2,1-2H3,(H,24,25). The summed E-state index contributed by atoms with van der Waals surface area (Å²) in [6.45, 7) is 7.07. The molecule has 5 nitrogen and oxygen atoms in total. The second-order valence-electron chi connectivity index (χ2n) is 7.09. The zero-order valence-corrected chi connectivity index (χ0v) is 16.7. The largest absolute Gasteiger partial charge is 0.480 e. The van der Waals surface area contributed by atoms with Crippen molar-refractivity contribution in [2.45, 2.75) is 97.1 Å². The molecule has 0 aliphatic rings. The second-order valence-corrected chi connectivity index (χ2v) is 7.09. The highest BCUT2D eigenvalue weighted by Gasteiger charge is 2.01. The summed E-state index contributed by atoms with van der Waals surface area (Å²) in [5, 5.41) is 18.2. The van der Waals surface area contributed by atoms with Gasteiger partial charge in [0.25, 0.3) is 0 Å². The molecular weight excluding hydrogens is 314 g/mol. The molecule has 0 aromatic carbocycles. The maximum absolute atomic E-state index is 10.4. The fraction of sp³-hybridized carbons (Fsp3) is 0.950. The second kappa shape index (κ2) is 19.7. The number of carboxylic acid groups (broad SMARTS) is 1. The van der Waals surface area contributed by atoms with E-state index in [0.29, 0.717) is 0 Å². The minimum absolute atomic E-state index is 0.000449. The molecule has 0 aromatic heterocycles. The van der Waals surface area contributed by atoms with Gasteiger partial charge in [-0.3, -0.25) is 10.1 Å². The Hall–Kier alpha value is -0.650. The van der Waals surface area contributed by atoms with Crippen LogP contribution in [0.3, 0.4) is 0 Å². The van der Waals surface area contributed by atoms with Crippen LogP contribution in [0.4, 0.5) is 0 Å². The molecule has 0 aromatic rings. The Morgan fingerprint density at radius 2 is 1.28 bits per heavy atom. The summed E-state index contributed by atoms with van der Waals surface area (Å²) in [7, 11) is 0. The fourth-order valence-corrected chi connectivity index (χ4v) is 2.91. The molecule has 0 fully saturated rings. The number of carboxylic acids is 1. The minimum Gasteiger partial charge on any atom is -0.480 e. The molecule has 150 valence electrons. The summed E-state index contributed by atoms with van der Waals surface area (Å²) in [5.41, 5.74) is 0. The molecule has 0 amide bonds. The first kappa shape index (κ1) is 24.4. The third-order valence-corrected chi connectivity index (χ3v) is 4.52. The van der Waals surface area contributed by atoms with E-state index in [4.69, 9.17) is 5.11 Å². The van der Waals surface area contributed by atoms with Gasteiger partial charge < -0.3 is 15.7 Å². The van der Waals surface area contributed by atoms with Gasteiger partial charge in [-0.15, -0.1) is 0 Å². The molecule has 0 rings (SSSR count). The van der Waals surface area contributed by atoms with Crippen molar-refractivity contribution in [1.82, 2.24) is 16.0 Å². The van der Waals surface area contributed by atoms with Crippen LogP contribution in [0.5, 0.6) is 0 Å². The third-order valence-electron chi connectivity index (χ3n) is 4.52. The predicted octanol–water partition coefficient (Wildman–Crippen LogP) is 3.89. The maximum Gasteiger partial charge on any atom is 0.317 e. The Kier molecular flexibility index (Phi) is 19.2. The quantitative estimate of drug-likeness (QED) is 0.196.